The van der Waals surface area contributed by atoms with Gasteiger partial charge in [0.05, 0.1) is 12.2 Å². The highest BCUT2D eigenvalue weighted by molar-refractivity contribution is 5.95. The highest BCUT2D eigenvalue weighted by Gasteiger charge is 2.43. The van der Waals surface area contributed by atoms with Crippen LogP contribution < -0.4 is 16.8 Å². The van der Waals surface area contributed by atoms with E-state index in [1.165, 1.54) is 23.6 Å². The number of primary amides is 1. The first kappa shape index (κ1) is 21.5. The molecule has 11 nitrogen and oxygen atoms in total. The molecule has 2 saturated heterocycles. The average molecular weight is 414 g/mol. The van der Waals surface area contributed by atoms with Gasteiger partial charge in [-0.05, 0) is 39.5 Å². The van der Waals surface area contributed by atoms with Crippen molar-refractivity contribution in [3.8, 4) is 0 Å². The first-order chi connectivity index (χ1) is 14.1. The topological polar surface area (TPSA) is 179 Å². The van der Waals surface area contributed by atoms with Crippen molar-refractivity contribution in [2.24, 2.45) is 11.5 Å². The first-order valence-electron chi connectivity index (χ1n) is 10.3. The lowest BCUT2D eigenvalue weighted by atomic mass is 10.1. The summed E-state index contributed by atoms with van der Waals surface area (Å²) in [5.74, 6) is -2.40. The molecule has 0 aromatic rings. The van der Waals surface area contributed by atoms with Crippen molar-refractivity contribution in [3.05, 3.63) is 0 Å². The Kier molecular flexibility index (Phi) is 7.04. The van der Waals surface area contributed by atoms with Crippen molar-refractivity contribution < 1.29 is 30.8 Å². The third-order valence-electron chi connectivity index (χ3n) is 5.49. The number of amides is 4. The van der Waals surface area contributed by atoms with Crippen molar-refractivity contribution in [2.45, 2.75) is 75.9 Å². The minimum atomic E-state index is -1.27. The summed E-state index contributed by atoms with van der Waals surface area (Å²) in [5, 5.41) is 21.8. The van der Waals surface area contributed by atoms with Gasteiger partial charge in [0.15, 0.2) is 0 Å². The van der Waals surface area contributed by atoms with E-state index in [9.17, 15) is 29.4 Å². The quantitative estimate of drug-likeness (QED) is 0.281. The van der Waals surface area contributed by atoms with Crippen LogP contribution in [0.4, 0.5) is 0 Å². The average Bonchev–Trinajstić information content (AvgIpc) is 3.34. The summed E-state index contributed by atoms with van der Waals surface area (Å²) in [6.07, 6.45) is -0.336. The summed E-state index contributed by atoms with van der Waals surface area (Å²) in [6, 6.07) is -4.05. The molecule has 2 rings (SSSR count). The standard InChI is InChI=1S/C18H31N5O6/c1-9(24)13(19)18(29)23-8-4-6-12(23)17(28)22-7-3-5-11(22)16(27)21-14(10(2)25)15(20)26/h9-14,24-25H,3-8,19H2,1-2H3,(H2,20,26)(H,21,27)/t9-,10+,11-,12+,13+,14?/m1/s1/i/hD. The van der Waals surface area contributed by atoms with Gasteiger partial charge in [-0.2, -0.15) is 0 Å². The van der Waals surface area contributed by atoms with Gasteiger partial charge in [-0.3, -0.25) is 19.2 Å². The zero-order valence-electron chi connectivity index (χ0n) is 17.7. The van der Waals surface area contributed by atoms with E-state index in [0.717, 1.165) is 0 Å². The van der Waals surface area contributed by atoms with Crippen LogP contribution in [0.15, 0.2) is 0 Å². The van der Waals surface area contributed by atoms with Crippen molar-refractivity contribution in [1.82, 2.24) is 15.1 Å². The number of nitrogens with two attached hydrogens (primary N) is 2. The number of carbonyl (C=O) groups is 4. The Bertz CT molecular complexity index is 675. The second-order valence-electron chi connectivity index (χ2n) is 7.73. The van der Waals surface area contributed by atoms with E-state index in [2.05, 4.69) is 5.32 Å². The maximum absolute atomic E-state index is 13.2. The largest absolute Gasteiger partial charge is 0.391 e. The van der Waals surface area contributed by atoms with E-state index >= 15 is 0 Å². The van der Waals surface area contributed by atoms with Gasteiger partial charge in [0.25, 0.3) is 0 Å². The third-order valence-corrected chi connectivity index (χ3v) is 5.49. The zero-order chi connectivity index (χ0) is 22.6. The van der Waals surface area contributed by atoms with Crippen LogP contribution in [0.5, 0.6) is 0 Å². The minimum absolute atomic E-state index is 0.316. The van der Waals surface area contributed by atoms with Gasteiger partial charge in [-0.25, -0.2) is 0 Å². The number of nitrogens with zero attached hydrogens (tertiary/aromatic N) is 2. The Morgan fingerprint density at radius 1 is 1.03 bits per heavy atom. The van der Waals surface area contributed by atoms with Crippen LogP contribution in [-0.2, 0) is 19.2 Å². The molecule has 4 amide bonds. The molecule has 0 radical (unpaired) electrons. The summed E-state index contributed by atoms with van der Waals surface area (Å²) in [7, 11) is 0. The Morgan fingerprint density at radius 2 is 1.62 bits per heavy atom. The fraction of sp³-hybridized carbons (Fsp3) is 0.778. The predicted octanol–water partition coefficient (Wildman–Crippen LogP) is -2.97. The summed E-state index contributed by atoms with van der Waals surface area (Å²) < 4.78 is 7.28. The van der Waals surface area contributed by atoms with Crippen LogP contribution in [0.1, 0.15) is 39.5 Å². The molecule has 1 unspecified atom stereocenters. The van der Waals surface area contributed by atoms with Crippen LogP contribution in [0.2, 0.25) is 1.41 Å². The second kappa shape index (κ2) is 9.51. The van der Waals surface area contributed by atoms with E-state index < -0.39 is 54.1 Å². The number of aliphatic hydroxyl groups is 2. The molecule has 2 aliphatic rings. The Hall–Kier alpha value is -2.24. The number of aliphatic hydroxyl groups excluding tert-OH is 2. The van der Waals surface area contributed by atoms with Crippen LogP contribution in [0.3, 0.4) is 0 Å². The predicted molar refractivity (Wildman–Crippen MR) is 102 cm³/mol. The molecule has 0 aromatic carbocycles. The highest BCUT2D eigenvalue weighted by Crippen LogP contribution is 2.25. The molecule has 0 aliphatic carbocycles. The lowest BCUT2D eigenvalue weighted by Crippen LogP contribution is -2.58. The zero-order valence-corrected chi connectivity index (χ0v) is 16.7. The van der Waals surface area contributed by atoms with E-state index in [0.29, 0.717) is 38.8 Å². The molecule has 164 valence electrons. The lowest BCUT2D eigenvalue weighted by molar-refractivity contribution is -0.148. The van der Waals surface area contributed by atoms with Crippen LogP contribution in [0.25, 0.3) is 0 Å². The molecule has 0 saturated carbocycles. The van der Waals surface area contributed by atoms with E-state index in [4.69, 9.17) is 7.15 Å². The Labute approximate surface area is 170 Å². The first-order valence-corrected chi connectivity index (χ1v) is 9.84. The molecule has 2 fully saturated rings. The van der Waals surface area contributed by atoms with Gasteiger partial charge in [-0.15, -0.1) is 0 Å². The van der Waals surface area contributed by atoms with Crippen LogP contribution in [-0.4, -0.2) is 93.1 Å². The summed E-state index contributed by atoms with van der Waals surface area (Å²) >= 11 is 0. The molecule has 6 atom stereocenters. The van der Waals surface area contributed by atoms with Crippen molar-refractivity contribution in [1.29, 1.82) is 0 Å². The summed E-state index contributed by atoms with van der Waals surface area (Å²) in [6.45, 7) is 3.35. The minimum Gasteiger partial charge on any atom is -0.391 e. The van der Waals surface area contributed by atoms with Crippen molar-refractivity contribution in [2.75, 3.05) is 13.1 Å². The number of nitrogens with one attached hydrogen (secondary N) is 1. The summed E-state index contributed by atoms with van der Waals surface area (Å²) in [5.41, 5.74) is 7.25. The van der Waals surface area contributed by atoms with E-state index in [1.807, 2.05) is 5.73 Å². The molecular weight excluding hydrogens is 382 g/mol. The molecule has 0 bridgehead atoms. The fourth-order valence-corrected chi connectivity index (χ4v) is 3.85. The van der Waals surface area contributed by atoms with Gasteiger partial charge in [0.2, 0.25) is 23.6 Å². The normalized spacial score (nSPS) is 26.4. The third kappa shape index (κ3) is 5.03. The van der Waals surface area contributed by atoms with Crippen molar-refractivity contribution >= 4 is 23.6 Å². The van der Waals surface area contributed by atoms with Gasteiger partial charge >= 0.3 is 0 Å². The lowest BCUT2D eigenvalue weighted by Gasteiger charge is -2.33. The monoisotopic (exact) mass is 414 g/mol. The molecule has 29 heavy (non-hydrogen) atoms. The Morgan fingerprint density at radius 3 is 2.14 bits per heavy atom. The van der Waals surface area contributed by atoms with Gasteiger partial charge in [0, 0.05) is 13.1 Å². The SMILES string of the molecule is [2H]N[C@H](C(=O)N1CCC[C@H]1C(=O)N1CCC[C@@H]1C(=O)NC(C(N)=O)[C@H](C)O)[C@@H](C)O. The maximum atomic E-state index is 13.2. The van der Waals surface area contributed by atoms with Gasteiger partial charge in [0.1, 0.15) is 25.6 Å². The number of hydrogen-bond donors (Lipinski definition) is 5. The highest BCUT2D eigenvalue weighted by atomic mass is 16.3. The molecule has 2 heterocycles. The van der Waals surface area contributed by atoms with E-state index in [-0.39, 0.29) is 5.91 Å². The van der Waals surface area contributed by atoms with Gasteiger partial charge in [-0.1, -0.05) is 0 Å². The van der Waals surface area contributed by atoms with Crippen molar-refractivity contribution in [3.63, 3.8) is 0 Å². The molecule has 0 spiro atoms. The molecule has 11 heteroatoms. The smallest absolute Gasteiger partial charge is 0.246 e. The number of hydrogen-bond acceptors (Lipinski definition) is 7. The molecular formula is C18H31N5O6. The van der Waals surface area contributed by atoms with Crippen LogP contribution >= 0.6 is 0 Å². The van der Waals surface area contributed by atoms with Gasteiger partial charge < -0.3 is 36.8 Å². The molecule has 7 N–H and O–H groups in total. The number of likely N-dealkylation sites (tertiary alicyclic amines) is 2. The Balaban J connectivity index is 2.13. The van der Waals surface area contributed by atoms with Crippen LogP contribution in [0, 0.1) is 0 Å². The number of rotatable bonds is 8. The molecule has 0 aromatic heterocycles. The fourth-order valence-electron chi connectivity index (χ4n) is 3.85. The molecule has 2 aliphatic heterocycles. The summed E-state index contributed by atoms with van der Waals surface area (Å²) in [4.78, 5) is 52.8. The second-order valence-corrected chi connectivity index (χ2v) is 7.73. The maximum Gasteiger partial charge on any atom is 0.246 e. The van der Waals surface area contributed by atoms with E-state index in [1.54, 1.807) is 0 Å². The number of carbonyl (C=O) groups excluding carboxylic acids is 4.